The van der Waals surface area contributed by atoms with Gasteiger partial charge in [0.1, 0.15) is 6.33 Å². The molecule has 15 heavy (non-hydrogen) atoms. The summed E-state index contributed by atoms with van der Waals surface area (Å²) >= 11 is 5.62. The summed E-state index contributed by atoms with van der Waals surface area (Å²) in [4.78, 5) is 17.5. The molecule has 0 radical (unpaired) electrons. The molecular weight excluding hydrogens is 220 g/mol. The van der Waals surface area contributed by atoms with Crippen LogP contribution in [-0.2, 0) is 0 Å². The van der Waals surface area contributed by atoms with Crippen molar-refractivity contribution in [3.63, 3.8) is 0 Å². The average molecular weight is 229 g/mol. The average Bonchev–Trinajstić information content (AvgIpc) is 2.97. The summed E-state index contributed by atoms with van der Waals surface area (Å²) in [5.41, 5.74) is -0.250. The van der Waals surface area contributed by atoms with Crippen molar-refractivity contribution in [2.24, 2.45) is 5.92 Å². The van der Waals surface area contributed by atoms with Crippen LogP contribution in [0.5, 0.6) is 0 Å². The summed E-state index contributed by atoms with van der Waals surface area (Å²) in [5.74, 6) is 0.810. The van der Waals surface area contributed by atoms with Crippen LogP contribution in [0.2, 0.25) is 5.15 Å². The standard InChI is InChI=1S/C8H9ClN4O2/c9-7-6(13(14)15)8(12-4-11-7)10-3-5-1-2-5/h4-5H,1-3H2,(H,10,11,12). The maximum absolute atomic E-state index is 10.7. The van der Waals surface area contributed by atoms with Crippen molar-refractivity contribution in [3.05, 3.63) is 21.6 Å². The molecule has 2 rings (SSSR count). The van der Waals surface area contributed by atoms with Crippen LogP contribution in [0.15, 0.2) is 6.33 Å². The molecule has 1 aromatic heterocycles. The normalized spacial score (nSPS) is 15.0. The van der Waals surface area contributed by atoms with Crippen LogP contribution in [0.25, 0.3) is 0 Å². The highest BCUT2D eigenvalue weighted by Crippen LogP contribution is 2.32. The molecule has 1 aromatic rings. The number of nitrogens with zero attached hydrogens (tertiary/aromatic N) is 3. The van der Waals surface area contributed by atoms with Gasteiger partial charge in [-0.3, -0.25) is 10.1 Å². The largest absolute Gasteiger partial charge is 0.364 e. The smallest absolute Gasteiger partial charge is 0.348 e. The quantitative estimate of drug-likeness (QED) is 0.483. The molecule has 0 bridgehead atoms. The van der Waals surface area contributed by atoms with E-state index in [1.54, 1.807) is 0 Å². The summed E-state index contributed by atoms with van der Waals surface area (Å²) in [6, 6.07) is 0. The van der Waals surface area contributed by atoms with E-state index in [2.05, 4.69) is 15.3 Å². The van der Waals surface area contributed by atoms with Crippen molar-refractivity contribution in [1.82, 2.24) is 9.97 Å². The first-order valence-electron chi connectivity index (χ1n) is 4.57. The fraction of sp³-hybridized carbons (Fsp3) is 0.500. The first-order chi connectivity index (χ1) is 7.18. The van der Waals surface area contributed by atoms with E-state index in [9.17, 15) is 10.1 Å². The Bertz CT molecular complexity index is 394. The summed E-state index contributed by atoms with van der Waals surface area (Å²) in [6.45, 7) is 0.703. The molecule has 0 unspecified atom stereocenters. The number of aromatic nitrogens is 2. The van der Waals surface area contributed by atoms with Gasteiger partial charge in [0.2, 0.25) is 11.0 Å². The van der Waals surface area contributed by atoms with E-state index in [4.69, 9.17) is 11.6 Å². The predicted octanol–water partition coefficient (Wildman–Crippen LogP) is 1.86. The Balaban J connectivity index is 2.19. The van der Waals surface area contributed by atoms with Crippen LogP contribution in [0, 0.1) is 16.0 Å². The number of nitro groups is 1. The third kappa shape index (κ3) is 2.33. The Hall–Kier alpha value is -1.43. The van der Waals surface area contributed by atoms with Gasteiger partial charge in [-0.25, -0.2) is 9.97 Å². The second kappa shape index (κ2) is 3.98. The summed E-state index contributed by atoms with van der Waals surface area (Å²) < 4.78 is 0. The van der Waals surface area contributed by atoms with Crippen LogP contribution in [0.3, 0.4) is 0 Å². The Morgan fingerprint density at radius 1 is 1.60 bits per heavy atom. The van der Waals surface area contributed by atoms with Gasteiger partial charge in [-0.2, -0.15) is 0 Å². The van der Waals surface area contributed by atoms with Gasteiger partial charge in [-0.15, -0.1) is 0 Å². The van der Waals surface area contributed by atoms with E-state index in [-0.39, 0.29) is 16.7 Å². The van der Waals surface area contributed by atoms with Gasteiger partial charge in [-0.05, 0) is 18.8 Å². The highest BCUT2D eigenvalue weighted by atomic mass is 35.5. The molecule has 1 fully saturated rings. The molecule has 0 aliphatic heterocycles. The van der Waals surface area contributed by atoms with Gasteiger partial charge in [-0.1, -0.05) is 11.6 Å². The highest BCUT2D eigenvalue weighted by Gasteiger charge is 2.25. The molecule has 0 atom stereocenters. The maximum atomic E-state index is 10.7. The molecular formula is C8H9ClN4O2. The molecule has 1 aliphatic carbocycles. The summed E-state index contributed by atoms with van der Waals surface area (Å²) in [5, 5.41) is 13.5. The van der Waals surface area contributed by atoms with Crippen LogP contribution in [0.4, 0.5) is 11.5 Å². The Labute approximate surface area is 90.8 Å². The van der Waals surface area contributed by atoms with Crippen LogP contribution < -0.4 is 5.32 Å². The first-order valence-corrected chi connectivity index (χ1v) is 4.95. The van der Waals surface area contributed by atoms with E-state index < -0.39 is 4.92 Å². The van der Waals surface area contributed by atoms with Gasteiger partial charge in [0.25, 0.3) is 0 Å². The third-order valence-electron chi connectivity index (χ3n) is 2.22. The van der Waals surface area contributed by atoms with E-state index in [0.29, 0.717) is 12.5 Å². The van der Waals surface area contributed by atoms with Crippen molar-refractivity contribution >= 4 is 23.1 Å². The minimum absolute atomic E-state index is 0.131. The zero-order chi connectivity index (χ0) is 10.8. The van der Waals surface area contributed by atoms with E-state index in [0.717, 1.165) is 0 Å². The molecule has 1 saturated carbocycles. The van der Waals surface area contributed by atoms with Crippen LogP contribution in [-0.4, -0.2) is 21.4 Å². The Kier molecular flexibility index (Phi) is 2.68. The number of hydrogen-bond acceptors (Lipinski definition) is 5. The van der Waals surface area contributed by atoms with E-state index in [1.807, 2.05) is 0 Å². The predicted molar refractivity (Wildman–Crippen MR) is 54.9 cm³/mol. The molecule has 7 heteroatoms. The topological polar surface area (TPSA) is 81.0 Å². The number of halogens is 1. The van der Waals surface area contributed by atoms with Gasteiger partial charge < -0.3 is 5.32 Å². The minimum atomic E-state index is -0.572. The molecule has 0 amide bonds. The zero-order valence-corrected chi connectivity index (χ0v) is 8.57. The number of rotatable bonds is 4. The zero-order valence-electron chi connectivity index (χ0n) is 7.81. The fourth-order valence-electron chi connectivity index (χ4n) is 1.21. The molecule has 1 aliphatic rings. The van der Waals surface area contributed by atoms with Gasteiger partial charge in [0.05, 0.1) is 4.92 Å². The van der Waals surface area contributed by atoms with Gasteiger partial charge in [0, 0.05) is 6.54 Å². The van der Waals surface area contributed by atoms with Crippen molar-refractivity contribution in [1.29, 1.82) is 0 Å². The van der Waals surface area contributed by atoms with Crippen molar-refractivity contribution in [2.45, 2.75) is 12.8 Å². The molecule has 1 N–H and O–H groups in total. The van der Waals surface area contributed by atoms with Crippen molar-refractivity contribution < 1.29 is 4.92 Å². The molecule has 6 nitrogen and oxygen atoms in total. The highest BCUT2D eigenvalue weighted by molar-refractivity contribution is 6.31. The number of anilines is 1. The SMILES string of the molecule is O=[N+]([O-])c1c(Cl)ncnc1NCC1CC1. The number of hydrogen-bond donors (Lipinski definition) is 1. The number of nitrogens with one attached hydrogen (secondary N) is 1. The lowest BCUT2D eigenvalue weighted by molar-refractivity contribution is -0.384. The van der Waals surface area contributed by atoms with Gasteiger partial charge >= 0.3 is 5.69 Å². The minimum Gasteiger partial charge on any atom is -0.364 e. The maximum Gasteiger partial charge on any atom is 0.348 e. The summed E-state index contributed by atoms with van der Waals surface area (Å²) in [6.07, 6.45) is 3.55. The van der Waals surface area contributed by atoms with Crippen molar-refractivity contribution in [2.75, 3.05) is 11.9 Å². The van der Waals surface area contributed by atoms with E-state index in [1.165, 1.54) is 19.2 Å². The lowest BCUT2D eigenvalue weighted by atomic mass is 10.4. The fourth-order valence-corrected chi connectivity index (χ4v) is 1.41. The molecule has 0 saturated heterocycles. The first kappa shape index (κ1) is 10.1. The van der Waals surface area contributed by atoms with Gasteiger partial charge in [0.15, 0.2) is 0 Å². The van der Waals surface area contributed by atoms with E-state index >= 15 is 0 Å². The monoisotopic (exact) mass is 228 g/mol. The van der Waals surface area contributed by atoms with Crippen LogP contribution >= 0.6 is 11.6 Å². The second-order valence-corrected chi connectivity index (χ2v) is 3.80. The molecule has 1 heterocycles. The Morgan fingerprint density at radius 2 is 2.33 bits per heavy atom. The van der Waals surface area contributed by atoms with Crippen LogP contribution in [0.1, 0.15) is 12.8 Å². The molecule has 80 valence electrons. The molecule has 0 spiro atoms. The molecule has 0 aromatic carbocycles. The third-order valence-corrected chi connectivity index (χ3v) is 2.49. The lowest BCUT2D eigenvalue weighted by Gasteiger charge is -2.04. The lowest BCUT2D eigenvalue weighted by Crippen LogP contribution is -2.08. The summed E-state index contributed by atoms with van der Waals surface area (Å²) in [7, 11) is 0. The second-order valence-electron chi connectivity index (χ2n) is 3.44. The Morgan fingerprint density at radius 3 is 2.93 bits per heavy atom. The van der Waals surface area contributed by atoms with Crippen molar-refractivity contribution in [3.8, 4) is 0 Å².